The SMILES string of the molecule is COCCC(C)(O)CNC(=O)CCc1ccc(C)c(Cl)c1. The molecule has 0 aromatic heterocycles. The van der Waals surface area contributed by atoms with Crippen molar-refractivity contribution in [3.63, 3.8) is 0 Å². The second-order valence-electron chi connectivity index (χ2n) is 5.60. The quantitative estimate of drug-likeness (QED) is 0.775. The predicted molar refractivity (Wildman–Crippen MR) is 84.6 cm³/mol. The van der Waals surface area contributed by atoms with Gasteiger partial charge in [-0.3, -0.25) is 4.79 Å². The Labute approximate surface area is 131 Å². The Morgan fingerprint density at radius 2 is 2.19 bits per heavy atom. The van der Waals surface area contributed by atoms with Crippen LogP contribution in [0.2, 0.25) is 5.02 Å². The lowest BCUT2D eigenvalue weighted by atomic mass is 10.0. The van der Waals surface area contributed by atoms with E-state index >= 15 is 0 Å². The molecule has 0 aliphatic heterocycles. The molecule has 0 heterocycles. The van der Waals surface area contributed by atoms with Crippen LogP contribution in [0.15, 0.2) is 18.2 Å². The molecule has 0 saturated carbocycles. The number of hydrogen-bond acceptors (Lipinski definition) is 3. The maximum Gasteiger partial charge on any atom is 0.220 e. The molecule has 21 heavy (non-hydrogen) atoms. The van der Waals surface area contributed by atoms with E-state index in [0.29, 0.717) is 25.9 Å². The van der Waals surface area contributed by atoms with E-state index in [2.05, 4.69) is 5.32 Å². The van der Waals surface area contributed by atoms with Gasteiger partial charge in [0.1, 0.15) is 0 Å². The van der Waals surface area contributed by atoms with E-state index in [1.54, 1.807) is 14.0 Å². The lowest BCUT2D eigenvalue weighted by molar-refractivity contribution is -0.122. The van der Waals surface area contributed by atoms with Gasteiger partial charge < -0.3 is 15.2 Å². The van der Waals surface area contributed by atoms with E-state index < -0.39 is 5.60 Å². The minimum absolute atomic E-state index is 0.0793. The fourth-order valence-electron chi connectivity index (χ4n) is 1.84. The van der Waals surface area contributed by atoms with Gasteiger partial charge in [0.05, 0.1) is 5.60 Å². The maximum absolute atomic E-state index is 11.8. The number of carbonyl (C=O) groups excluding carboxylic acids is 1. The van der Waals surface area contributed by atoms with E-state index in [4.69, 9.17) is 16.3 Å². The molecule has 1 atom stereocenters. The van der Waals surface area contributed by atoms with Crippen molar-refractivity contribution in [2.75, 3.05) is 20.3 Å². The number of aryl methyl sites for hydroxylation is 2. The van der Waals surface area contributed by atoms with Gasteiger partial charge in [-0.2, -0.15) is 0 Å². The van der Waals surface area contributed by atoms with Crippen molar-refractivity contribution < 1.29 is 14.6 Å². The van der Waals surface area contributed by atoms with Crippen LogP contribution in [-0.4, -0.2) is 36.9 Å². The summed E-state index contributed by atoms with van der Waals surface area (Å²) in [5.74, 6) is -0.0793. The highest BCUT2D eigenvalue weighted by Gasteiger charge is 2.20. The van der Waals surface area contributed by atoms with Crippen molar-refractivity contribution in [2.45, 2.75) is 38.7 Å². The smallest absolute Gasteiger partial charge is 0.220 e. The van der Waals surface area contributed by atoms with E-state index in [1.165, 1.54) is 0 Å². The van der Waals surface area contributed by atoms with E-state index in [0.717, 1.165) is 16.1 Å². The Balaban J connectivity index is 2.35. The van der Waals surface area contributed by atoms with Gasteiger partial charge in [0.25, 0.3) is 0 Å². The normalized spacial score (nSPS) is 13.8. The van der Waals surface area contributed by atoms with Gasteiger partial charge in [-0.25, -0.2) is 0 Å². The maximum atomic E-state index is 11.8. The number of hydrogen-bond donors (Lipinski definition) is 2. The van der Waals surface area contributed by atoms with Crippen LogP contribution in [0.3, 0.4) is 0 Å². The van der Waals surface area contributed by atoms with Gasteiger partial charge in [-0.1, -0.05) is 23.7 Å². The Kier molecular flexibility index (Phi) is 7.15. The number of carbonyl (C=O) groups is 1. The van der Waals surface area contributed by atoms with Gasteiger partial charge in [0.2, 0.25) is 5.91 Å². The summed E-state index contributed by atoms with van der Waals surface area (Å²) in [6.07, 6.45) is 1.49. The summed E-state index contributed by atoms with van der Waals surface area (Å²) in [6.45, 7) is 4.32. The number of amides is 1. The molecule has 1 aromatic carbocycles. The molecule has 1 rings (SSSR count). The molecule has 5 heteroatoms. The van der Waals surface area contributed by atoms with Crippen molar-refractivity contribution in [3.05, 3.63) is 34.3 Å². The molecule has 1 aromatic rings. The molecule has 1 amide bonds. The number of benzene rings is 1. The van der Waals surface area contributed by atoms with Crippen LogP contribution in [0, 0.1) is 6.92 Å². The molecule has 0 aliphatic rings. The summed E-state index contributed by atoms with van der Waals surface area (Å²) in [5, 5.41) is 13.5. The van der Waals surface area contributed by atoms with Gasteiger partial charge >= 0.3 is 0 Å². The fraction of sp³-hybridized carbons (Fsp3) is 0.562. The highest BCUT2D eigenvalue weighted by Crippen LogP contribution is 2.17. The zero-order valence-electron chi connectivity index (χ0n) is 12.9. The largest absolute Gasteiger partial charge is 0.388 e. The Hall–Kier alpha value is -1.10. The van der Waals surface area contributed by atoms with E-state index in [-0.39, 0.29) is 12.5 Å². The molecule has 0 radical (unpaired) electrons. The first-order valence-electron chi connectivity index (χ1n) is 7.07. The molecule has 118 valence electrons. The number of methoxy groups -OCH3 is 1. The average molecular weight is 314 g/mol. The lowest BCUT2D eigenvalue weighted by Gasteiger charge is -2.23. The predicted octanol–water partition coefficient (Wildman–Crippen LogP) is 2.48. The monoisotopic (exact) mass is 313 g/mol. The summed E-state index contributed by atoms with van der Waals surface area (Å²) < 4.78 is 4.93. The molecular formula is C16H24ClNO3. The molecule has 0 spiro atoms. The second kappa shape index (κ2) is 8.37. The molecule has 2 N–H and O–H groups in total. The van der Waals surface area contributed by atoms with Gasteiger partial charge in [0.15, 0.2) is 0 Å². The van der Waals surface area contributed by atoms with Gasteiger partial charge in [-0.05, 0) is 37.5 Å². The number of halogens is 1. The van der Waals surface area contributed by atoms with Gasteiger partial charge in [0, 0.05) is 38.1 Å². The summed E-state index contributed by atoms with van der Waals surface area (Å²) in [4.78, 5) is 11.8. The van der Waals surface area contributed by atoms with Crippen LogP contribution in [0.25, 0.3) is 0 Å². The highest BCUT2D eigenvalue weighted by atomic mass is 35.5. The first-order valence-corrected chi connectivity index (χ1v) is 7.45. The van der Waals surface area contributed by atoms with Crippen molar-refractivity contribution in [3.8, 4) is 0 Å². The van der Waals surface area contributed by atoms with Gasteiger partial charge in [-0.15, -0.1) is 0 Å². The third kappa shape index (κ3) is 6.93. The summed E-state index contributed by atoms with van der Waals surface area (Å²) in [7, 11) is 1.58. The molecule has 0 bridgehead atoms. The minimum atomic E-state index is -0.946. The summed E-state index contributed by atoms with van der Waals surface area (Å²) in [5.41, 5.74) is 1.12. The number of rotatable bonds is 8. The Bertz CT molecular complexity index is 475. The minimum Gasteiger partial charge on any atom is -0.388 e. The third-order valence-corrected chi connectivity index (χ3v) is 3.80. The highest BCUT2D eigenvalue weighted by molar-refractivity contribution is 6.31. The molecule has 0 fully saturated rings. The van der Waals surface area contributed by atoms with Crippen molar-refractivity contribution >= 4 is 17.5 Å². The van der Waals surface area contributed by atoms with Crippen molar-refractivity contribution in [2.24, 2.45) is 0 Å². The van der Waals surface area contributed by atoms with Crippen LogP contribution in [0.5, 0.6) is 0 Å². The van der Waals surface area contributed by atoms with Crippen LogP contribution < -0.4 is 5.32 Å². The zero-order chi connectivity index (χ0) is 15.9. The van der Waals surface area contributed by atoms with Crippen molar-refractivity contribution in [1.29, 1.82) is 0 Å². The number of nitrogens with one attached hydrogen (secondary N) is 1. The van der Waals surface area contributed by atoms with Crippen LogP contribution in [-0.2, 0) is 16.0 Å². The van der Waals surface area contributed by atoms with Crippen LogP contribution >= 0.6 is 11.6 Å². The van der Waals surface area contributed by atoms with Crippen molar-refractivity contribution in [1.82, 2.24) is 5.32 Å². The topological polar surface area (TPSA) is 58.6 Å². The molecule has 1 unspecified atom stereocenters. The summed E-state index contributed by atoms with van der Waals surface area (Å²) >= 11 is 6.05. The Morgan fingerprint density at radius 1 is 1.48 bits per heavy atom. The Morgan fingerprint density at radius 3 is 2.81 bits per heavy atom. The molecular weight excluding hydrogens is 290 g/mol. The second-order valence-corrected chi connectivity index (χ2v) is 6.01. The third-order valence-electron chi connectivity index (χ3n) is 3.39. The number of ether oxygens (including phenoxy) is 1. The lowest BCUT2D eigenvalue weighted by Crippen LogP contribution is -2.41. The van der Waals surface area contributed by atoms with Crippen LogP contribution in [0.4, 0.5) is 0 Å². The first-order chi connectivity index (χ1) is 9.84. The molecule has 0 aliphatic carbocycles. The van der Waals surface area contributed by atoms with E-state index in [1.807, 2.05) is 25.1 Å². The zero-order valence-corrected chi connectivity index (χ0v) is 13.7. The molecule has 4 nitrogen and oxygen atoms in total. The van der Waals surface area contributed by atoms with Crippen LogP contribution in [0.1, 0.15) is 30.9 Å². The fourth-order valence-corrected chi connectivity index (χ4v) is 2.04. The standard InChI is InChI=1S/C16H24ClNO3/c1-12-4-5-13(10-14(12)17)6-7-15(19)18-11-16(2,20)8-9-21-3/h4-5,10,20H,6-9,11H2,1-3H3,(H,18,19). The average Bonchev–Trinajstić information content (AvgIpc) is 2.44. The first kappa shape index (κ1) is 18.0. The summed E-state index contributed by atoms with van der Waals surface area (Å²) in [6, 6.07) is 5.81. The number of aliphatic hydroxyl groups is 1. The van der Waals surface area contributed by atoms with E-state index in [9.17, 15) is 9.90 Å². The molecule has 0 saturated heterocycles.